The minimum Gasteiger partial charge on any atom is -0.324 e. The lowest BCUT2D eigenvalue weighted by atomic mass is 9.75. The van der Waals surface area contributed by atoms with Gasteiger partial charge in [0.25, 0.3) is 0 Å². The van der Waals surface area contributed by atoms with Crippen molar-refractivity contribution in [1.82, 2.24) is 0 Å². The number of rotatable bonds is 4. The van der Waals surface area contributed by atoms with Crippen LogP contribution in [0.15, 0.2) is 24.3 Å². The number of benzene rings is 1. The van der Waals surface area contributed by atoms with Crippen molar-refractivity contribution in [3.8, 4) is 0 Å². The van der Waals surface area contributed by atoms with E-state index in [4.69, 9.17) is 5.73 Å². The Bertz CT molecular complexity index is 394. The summed E-state index contributed by atoms with van der Waals surface area (Å²) in [6, 6.07) is 9.13. The molecule has 0 radical (unpaired) electrons. The smallest absolute Gasteiger partial charge is 0.0328 e. The highest BCUT2D eigenvalue weighted by molar-refractivity contribution is 5.27. The lowest BCUT2D eigenvalue weighted by molar-refractivity contribution is 0.222. The van der Waals surface area contributed by atoms with Crippen LogP contribution in [0.1, 0.15) is 63.6 Å². The second-order valence-corrected chi connectivity index (χ2v) is 6.51. The van der Waals surface area contributed by atoms with Crippen LogP contribution in [-0.2, 0) is 6.42 Å². The van der Waals surface area contributed by atoms with Gasteiger partial charge in [0, 0.05) is 6.04 Å². The Morgan fingerprint density at radius 2 is 2.17 bits per heavy atom. The van der Waals surface area contributed by atoms with Gasteiger partial charge in [0.15, 0.2) is 0 Å². The molecule has 0 bridgehead atoms. The first-order valence-corrected chi connectivity index (χ1v) is 7.39. The summed E-state index contributed by atoms with van der Waals surface area (Å²) in [7, 11) is 0. The summed E-state index contributed by atoms with van der Waals surface area (Å²) in [5.41, 5.74) is 9.71. The molecule has 0 aromatic heterocycles. The Balaban J connectivity index is 2.17. The van der Waals surface area contributed by atoms with Crippen molar-refractivity contribution >= 4 is 0 Å². The summed E-state index contributed by atoms with van der Waals surface area (Å²) < 4.78 is 0. The Hall–Kier alpha value is -0.820. The Kier molecular flexibility index (Phi) is 4.11. The molecule has 100 valence electrons. The van der Waals surface area contributed by atoms with E-state index in [-0.39, 0.29) is 6.04 Å². The van der Waals surface area contributed by atoms with Crippen molar-refractivity contribution in [3.63, 3.8) is 0 Å². The standard InChI is InChI=1S/C17H27N/c1-4-7-13-8-5-9-14(12-13)16(18)15-10-6-11-17(15,2)3/h5,8-9,12,15-16H,4,6-7,10-11,18H2,1-3H3. The normalized spacial score (nSPS) is 24.1. The van der Waals surface area contributed by atoms with Gasteiger partial charge in [0.05, 0.1) is 0 Å². The Morgan fingerprint density at radius 3 is 2.78 bits per heavy atom. The summed E-state index contributed by atoms with van der Waals surface area (Å²) in [4.78, 5) is 0. The van der Waals surface area contributed by atoms with E-state index in [1.807, 2.05) is 0 Å². The van der Waals surface area contributed by atoms with E-state index in [1.165, 1.54) is 36.8 Å². The number of hydrogen-bond acceptors (Lipinski definition) is 1. The highest BCUT2D eigenvalue weighted by Crippen LogP contribution is 2.47. The maximum atomic E-state index is 6.54. The molecular formula is C17H27N. The van der Waals surface area contributed by atoms with Crippen LogP contribution in [0, 0.1) is 11.3 Å². The fraction of sp³-hybridized carbons (Fsp3) is 0.647. The average Bonchev–Trinajstić information content (AvgIpc) is 2.69. The van der Waals surface area contributed by atoms with Gasteiger partial charge in [0.1, 0.15) is 0 Å². The van der Waals surface area contributed by atoms with Crippen LogP contribution < -0.4 is 5.73 Å². The van der Waals surface area contributed by atoms with Crippen LogP contribution in [0.4, 0.5) is 0 Å². The summed E-state index contributed by atoms with van der Waals surface area (Å²) in [5.74, 6) is 0.634. The van der Waals surface area contributed by atoms with Gasteiger partial charge >= 0.3 is 0 Å². The molecule has 1 nitrogen and oxygen atoms in total. The fourth-order valence-electron chi connectivity index (χ4n) is 3.50. The Labute approximate surface area is 112 Å². The topological polar surface area (TPSA) is 26.0 Å². The molecule has 1 saturated carbocycles. The Morgan fingerprint density at radius 1 is 1.39 bits per heavy atom. The van der Waals surface area contributed by atoms with Gasteiger partial charge in [-0.3, -0.25) is 0 Å². The van der Waals surface area contributed by atoms with Crippen LogP contribution in [0.2, 0.25) is 0 Å². The van der Waals surface area contributed by atoms with Crippen LogP contribution in [0.3, 0.4) is 0 Å². The first-order chi connectivity index (χ1) is 8.54. The molecule has 2 atom stereocenters. The molecule has 1 heteroatoms. The van der Waals surface area contributed by atoms with E-state index in [0.717, 1.165) is 6.42 Å². The lowest BCUT2D eigenvalue weighted by Gasteiger charge is -2.32. The molecule has 1 aromatic carbocycles. The molecule has 2 unspecified atom stereocenters. The highest BCUT2D eigenvalue weighted by Gasteiger charge is 2.38. The molecule has 1 fully saturated rings. The minimum atomic E-state index is 0.208. The minimum absolute atomic E-state index is 0.208. The van der Waals surface area contributed by atoms with Gasteiger partial charge < -0.3 is 5.73 Å². The fourth-order valence-corrected chi connectivity index (χ4v) is 3.50. The van der Waals surface area contributed by atoms with Crippen LogP contribution in [-0.4, -0.2) is 0 Å². The molecule has 0 aliphatic heterocycles. The van der Waals surface area contributed by atoms with Crippen LogP contribution in [0.5, 0.6) is 0 Å². The second-order valence-electron chi connectivity index (χ2n) is 6.51. The van der Waals surface area contributed by atoms with Crippen molar-refractivity contribution in [2.45, 2.75) is 58.9 Å². The third-order valence-electron chi connectivity index (χ3n) is 4.65. The molecule has 0 saturated heterocycles. The lowest BCUT2D eigenvalue weighted by Crippen LogP contribution is -2.29. The maximum Gasteiger partial charge on any atom is 0.0328 e. The molecule has 0 spiro atoms. The molecule has 1 aromatic rings. The van der Waals surface area contributed by atoms with Gasteiger partial charge in [-0.15, -0.1) is 0 Å². The summed E-state index contributed by atoms with van der Waals surface area (Å²) in [6.07, 6.45) is 6.30. The van der Waals surface area contributed by atoms with Gasteiger partial charge in [-0.05, 0) is 41.7 Å². The zero-order chi connectivity index (χ0) is 13.2. The van der Waals surface area contributed by atoms with Crippen molar-refractivity contribution < 1.29 is 0 Å². The molecule has 18 heavy (non-hydrogen) atoms. The summed E-state index contributed by atoms with van der Waals surface area (Å²) >= 11 is 0. The van der Waals surface area contributed by atoms with Crippen molar-refractivity contribution in [2.75, 3.05) is 0 Å². The number of hydrogen-bond donors (Lipinski definition) is 1. The molecule has 0 heterocycles. The van der Waals surface area contributed by atoms with E-state index in [1.54, 1.807) is 0 Å². The number of nitrogens with two attached hydrogens (primary N) is 1. The van der Waals surface area contributed by atoms with Crippen LogP contribution >= 0.6 is 0 Å². The van der Waals surface area contributed by atoms with Crippen molar-refractivity contribution in [1.29, 1.82) is 0 Å². The molecule has 2 N–H and O–H groups in total. The predicted octanol–water partition coefficient (Wildman–Crippen LogP) is 4.47. The third kappa shape index (κ3) is 2.77. The quantitative estimate of drug-likeness (QED) is 0.832. The van der Waals surface area contributed by atoms with E-state index in [0.29, 0.717) is 11.3 Å². The first kappa shape index (κ1) is 13.6. The third-order valence-corrected chi connectivity index (χ3v) is 4.65. The summed E-state index contributed by atoms with van der Waals surface area (Å²) in [6.45, 7) is 6.98. The average molecular weight is 245 g/mol. The number of aryl methyl sites for hydroxylation is 1. The summed E-state index contributed by atoms with van der Waals surface area (Å²) in [5, 5.41) is 0. The monoisotopic (exact) mass is 245 g/mol. The van der Waals surface area contributed by atoms with E-state index < -0.39 is 0 Å². The largest absolute Gasteiger partial charge is 0.324 e. The van der Waals surface area contributed by atoms with Crippen LogP contribution in [0.25, 0.3) is 0 Å². The molecule has 2 rings (SSSR count). The zero-order valence-corrected chi connectivity index (χ0v) is 12.1. The van der Waals surface area contributed by atoms with E-state index in [9.17, 15) is 0 Å². The second kappa shape index (κ2) is 5.44. The molecule has 0 amide bonds. The predicted molar refractivity (Wildman–Crippen MR) is 78.5 cm³/mol. The highest BCUT2D eigenvalue weighted by atomic mass is 14.7. The van der Waals surface area contributed by atoms with E-state index >= 15 is 0 Å². The van der Waals surface area contributed by atoms with Crippen molar-refractivity contribution in [3.05, 3.63) is 35.4 Å². The SMILES string of the molecule is CCCc1cccc(C(N)C2CCCC2(C)C)c1. The van der Waals surface area contributed by atoms with Gasteiger partial charge in [-0.2, -0.15) is 0 Å². The molecular weight excluding hydrogens is 218 g/mol. The van der Waals surface area contributed by atoms with Gasteiger partial charge in [-0.1, -0.05) is 57.9 Å². The van der Waals surface area contributed by atoms with Gasteiger partial charge in [-0.25, -0.2) is 0 Å². The first-order valence-electron chi connectivity index (χ1n) is 7.39. The van der Waals surface area contributed by atoms with Crippen molar-refractivity contribution in [2.24, 2.45) is 17.1 Å². The maximum absolute atomic E-state index is 6.54. The molecule has 1 aliphatic rings. The zero-order valence-electron chi connectivity index (χ0n) is 12.1. The molecule has 1 aliphatic carbocycles. The van der Waals surface area contributed by atoms with Gasteiger partial charge in [0.2, 0.25) is 0 Å². The van der Waals surface area contributed by atoms with E-state index in [2.05, 4.69) is 45.0 Å².